The molecule has 0 saturated heterocycles. The number of nitriles is 1. The Morgan fingerprint density at radius 1 is 1.41 bits per heavy atom. The summed E-state index contributed by atoms with van der Waals surface area (Å²) in [6, 6.07) is 9.33. The molecule has 2 aliphatic carbocycles. The van der Waals surface area contributed by atoms with E-state index in [1.165, 1.54) is 12.5 Å². The summed E-state index contributed by atoms with van der Waals surface area (Å²) in [4.78, 5) is 12.1. The maximum absolute atomic E-state index is 12.1. The van der Waals surface area contributed by atoms with Gasteiger partial charge in [0.2, 0.25) is 5.91 Å². The zero-order valence-corrected chi connectivity index (χ0v) is 12.4. The molecule has 2 fully saturated rings. The van der Waals surface area contributed by atoms with Crippen molar-refractivity contribution in [3.8, 4) is 6.07 Å². The highest BCUT2D eigenvalue weighted by molar-refractivity contribution is 5.92. The summed E-state index contributed by atoms with van der Waals surface area (Å²) in [7, 11) is 0. The summed E-state index contributed by atoms with van der Waals surface area (Å²) in [6.07, 6.45) is 6.69. The molecule has 4 nitrogen and oxygen atoms in total. The third kappa shape index (κ3) is 2.90. The molecule has 3 rings (SSSR count). The molecule has 4 heteroatoms. The number of hydrogen-bond donors (Lipinski definition) is 2. The zero-order valence-electron chi connectivity index (χ0n) is 12.4. The van der Waals surface area contributed by atoms with E-state index in [4.69, 9.17) is 5.26 Å². The summed E-state index contributed by atoms with van der Waals surface area (Å²) in [6.45, 7) is 0.153. The quantitative estimate of drug-likeness (QED) is 0.836. The maximum Gasteiger partial charge on any atom is 0.244 e. The number of benzene rings is 1. The molecule has 0 radical (unpaired) electrons. The fourth-order valence-electron chi connectivity index (χ4n) is 3.99. The van der Waals surface area contributed by atoms with Gasteiger partial charge >= 0.3 is 0 Å². The van der Waals surface area contributed by atoms with Gasteiger partial charge < -0.3 is 10.4 Å². The Morgan fingerprint density at radius 3 is 3.00 bits per heavy atom. The lowest BCUT2D eigenvalue weighted by Gasteiger charge is -2.30. The van der Waals surface area contributed by atoms with Gasteiger partial charge in [-0.05, 0) is 54.9 Å². The Hall–Kier alpha value is -2.12. The summed E-state index contributed by atoms with van der Waals surface area (Å²) < 4.78 is 0. The van der Waals surface area contributed by atoms with Crippen molar-refractivity contribution in [3.63, 3.8) is 0 Å². The van der Waals surface area contributed by atoms with Crippen LogP contribution in [-0.2, 0) is 4.79 Å². The second-order valence-corrected chi connectivity index (χ2v) is 6.28. The van der Waals surface area contributed by atoms with Crippen molar-refractivity contribution in [1.82, 2.24) is 5.32 Å². The first kappa shape index (κ1) is 14.8. The minimum Gasteiger partial charge on any atom is -0.396 e. The van der Waals surface area contributed by atoms with Crippen LogP contribution in [0.1, 0.15) is 30.4 Å². The van der Waals surface area contributed by atoms with Crippen LogP contribution in [0.25, 0.3) is 6.08 Å². The second kappa shape index (κ2) is 6.33. The monoisotopic (exact) mass is 296 g/mol. The fraction of sp³-hybridized carbons (Fsp3) is 0.444. The number of hydrogen-bond acceptors (Lipinski definition) is 3. The van der Waals surface area contributed by atoms with Gasteiger partial charge in [-0.2, -0.15) is 5.26 Å². The molecule has 0 spiro atoms. The Labute approximate surface area is 130 Å². The van der Waals surface area contributed by atoms with E-state index in [-0.39, 0.29) is 24.5 Å². The van der Waals surface area contributed by atoms with E-state index in [9.17, 15) is 9.90 Å². The molecule has 114 valence electrons. The SMILES string of the molecule is N#Cc1cccc(/C=C/C(=O)NC2C3CCC(C3)C2CO)c1. The van der Waals surface area contributed by atoms with Gasteiger partial charge in [0, 0.05) is 24.6 Å². The van der Waals surface area contributed by atoms with Crippen LogP contribution in [0.15, 0.2) is 30.3 Å². The van der Waals surface area contributed by atoms with E-state index in [2.05, 4.69) is 11.4 Å². The number of carbonyl (C=O) groups excluding carboxylic acids is 1. The van der Waals surface area contributed by atoms with Crippen LogP contribution in [0, 0.1) is 29.1 Å². The van der Waals surface area contributed by atoms with Gasteiger partial charge in [-0.1, -0.05) is 12.1 Å². The third-order valence-electron chi connectivity index (χ3n) is 5.05. The first-order valence-corrected chi connectivity index (χ1v) is 7.81. The van der Waals surface area contributed by atoms with Gasteiger partial charge in [0.25, 0.3) is 0 Å². The molecule has 2 N–H and O–H groups in total. The minimum atomic E-state index is -0.127. The number of nitrogens with zero attached hydrogens (tertiary/aromatic N) is 1. The Kier molecular flexibility index (Phi) is 4.26. The maximum atomic E-state index is 12.1. The Bertz CT molecular complexity index is 632. The number of fused-ring (bicyclic) bond motifs is 2. The van der Waals surface area contributed by atoms with Crippen LogP contribution < -0.4 is 5.32 Å². The van der Waals surface area contributed by atoms with E-state index in [0.717, 1.165) is 18.4 Å². The number of amides is 1. The first-order chi connectivity index (χ1) is 10.7. The standard InChI is InChI=1S/C18H20N2O2/c19-10-13-3-1-2-12(8-13)4-7-17(22)20-18-15-6-5-14(9-15)16(18)11-21/h1-4,7-8,14-16,18,21H,5-6,9,11H2,(H,20,22)/b7-4+. The predicted octanol–water partition coefficient (Wildman–Crippen LogP) is 2.09. The van der Waals surface area contributed by atoms with Gasteiger partial charge in [-0.3, -0.25) is 4.79 Å². The third-order valence-corrected chi connectivity index (χ3v) is 5.05. The lowest BCUT2D eigenvalue weighted by atomic mass is 9.85. The molecule has 2 aliphatic rings. The highest BCUT2D eigenvalue weighted by Crippen LogP contribution is 2.48. The summed E-state index contributed by atoms with van der Waals surface area (Å²) in [5, 5.41) is 21.5. The predicted molar refractivity (Wildman–Crippen MR) is 83.5 cm³/mol. The molecule has 2 bridgehead atoms. The van der Waals surface area contributed by atoms with E-state index in [1.807, 2.05) is 6.07 Å². The lowest BCUT2D eigenvalue weighted by Crippen LogP contribution is -2.44. The fourth-order valence-corrected chi connectivity index (χ4v) is 3.99. The summed E-state index contributed by atoms with van der Waals surface area (Å²) >= 11 is 0. The molecular weight excluding hydrogens is 276 g/mol. The van der Waals surface area contributed by atoms with Gasteiger partial charge in [-0.15, -0.1) is 0 Å². The van der Waals surface area contributed by atoms with Crippen molar-refractivity contribution < 1.29 is 9.90 Å². The largest absolute Gasteiger partial charge is 0.396 e. The van der Waals surface area contributed by atoms with Crippen molar-refractivity contribution in [1.29, 1.82) is 5.26 Å². The molecule has 4 unspecified atom stereocenters. The van der Waals surface area contributed by atoms with Crippen molar-refractivity contribution in [2.45, 2.75) is 25.3 Å². The normalized spacial score (nSPS) is 29.6. The first-order valence-electron chi connectivity index (χ1n) is 7.81. The topological polar surface area (TPSA) is 73.1 Å². The molecule has 2 saturated carbocycles. The highest BCUT2D eigenvalue weighted by atomic mass is 16.3. The molecule has 1 aromatic rings. The highest BCUT2D eigenvalue weighted by Gasteiger charge is 2.47. The van der Waals surface area contributed by atoms with Crippen LogP contribution in [-0.4, -0.2) is 23.7 Å². The molecule has 1 aromatic carbocycles. The van der Waals surface area contributed by atoms with E-state index in [0.29, 0.717) is 17.4 Å². The molecular formula is C18H20N2O2. The van der Waals surface area contributed by atoms with Crippen LogP contribution in [0.2, 0.25) is 0 Å². The van der Waals surface area contributed by atoms with Gasteiger partial charge in [0.1, 0.15) is 0 Å². The number of aliphatic hydroxyl groups excluding tert-OH is 1. The average Bonchev–Trinajstić information content (AvgIpc) is 3.14. The summed E-state index contributed by atoms with van der Waals surface area (Å²) in [5.74, 6) is 1.16. The number of aliphatic hydroxyl groups is 1. The van der Waals surface area contributed by atoms with Gasteiger partial charge in [0.15, 0.2) is 0 Å². The molecule has 22 heavy (non-hydrogen) atoms. The van der Waals surface area contributed by atoms with Crippen molar-refractivity contribution in [2.75, 3.05) is 6.61 Å². The van der Waals surface area contributed by atoms with Crippen LogP contribution >= 0.6 is 0 Å². The molecule has 0 heterocycles. The van der Waals surface area contributed by atoms with E-state index in [1.54, 1.807) is 24.3 Å². The van der Waals surface area contributed by atoms with Gasteiger partial charge in [0.05, 0.1) is 11.6 Å². The summed E-state index contributed by atoms with van der Waals surface area (Å²) in [5.41, 5.74) is 1.41. The van der Waals surface area contributed by atoms with Crippen LogP contribution in [0.5, 0.6) is 0 Å². The van der Waals surface area contributed by atoms with Crippen LogP contribution in [0.3, 0.4) is 0 Å². The van der Waals surface area contributed by atoms with Crippen LogP contribution in [0.4, 0.5) is 0 Å². The van der Waals surface area contributed by atoms with Crippen molar-refractivity contribution in [3.05, 3.63) is 41.5 Å². The molecule has 0 aliphatic heterocycles. The molecule has 1 amide bonds. The van der Waals surface area contributed by atoms with E-state index < -0.39 is 0 Å². The average molecular weight is 296 g/mol. The number of carbonyl (C=O) groups is 1. The van der Waals surface area contributed by atoms with Gasteiger partial charge in [-0.25, -0.2) is 0 Å². The zero-order chi connectivity index (χ0) is 15.5. The lowest BCUT2D eigenvalue weighted by molar-refractivity contribution is -0.117. The minimum absolute atomic E-state index is 0.103. The number of rotatable bonds is 4. The Balaban J connectivity index is 1.63. The number of nitrogens with one attached hydrogen (secondary N) is 1. The van der Waals surface area contributed by atoms with Crippen molar-refractivity contribution in [2.24, 2.45) is 17.8 Å². The Morgan fingerprint density at radius 2 is 2.23 bits per heavy atom. The van der Waals surface area contributed by atoms with Crippen molar-refractivity contribution >= 4 is 12.0 Å². The molecule has 0 aromatic heterocycles. The second-order valence-electron chi connectivity index (χ2n) is 6.28. The molecule has 4 atom stereocenters. The smallest absolute Gasteiger partial charge is 0.244 e. The van der Waals surface area contributed by atoms with E-state index >= 15 is 0 Å².